The smallest absolute Gasteiger partial charge is 0.235 e. The zero-order valence-corrected chi connectivity index (χ0v) is 27.0. The number of dihydropyridines is 1. The maximum Gasteiger partial charge on any atom is 0.235 e. The molecule has 0 saturated heterocycles. The molecule has 230 valence electrons. The summed E-state index contributed by atoms with van der Waals surface area (Å²) in [5, 5.41) is 9.81. The molecule has 1 N–H and O–H groups in total. The minimum absolute atomic E-state index is 0.146. The minimum atomic E-state index is 0.146. The van der Waals surface area contributed by atoms with Crippen LogP contribution >= 0.6 is 11.8 Å². The van der Waals surface area contributed by atoms with Crippen LogP contribution in [0.1, 0.15) is 5.56 Å². The molecule has 6 aromatic carbocycles. The van der Waals surface area contributed by atoms with Crippen molar-refractivity contribution < 1.29 is 0 Å². The van der Waals surface area contributed by atoms with Gasteiger partial charge in [-0.3, -0.25) is 4.57 Å². The van der Waals surface area contributed by atoms with Crippen LogP contribution in [0.2, 0.25) is 0 Å². The molecule has 0 fully saturated rings. The predicted molar refractivity (Wildman–Crippen MR) is 204 cm³/mol. The van der Waals surface area contributed by atoms with Crippen molar-refractivity contribution in [3.05, 3.63) is 157 Å². The Morgan fingerprint density at radius 2 is 1.24 bits per heavy atom. The van der Waals surface area contributed by atoms with Gasteiger partial charge in [0.05, 0.1) is 22.1 Å². The van der Waals surface area contributed by atoms with E-state index in [2.05, 4.69) is 160 Å². The Labute approximate surface area is 285 Å². The Morgan fingerprint density at radius 3 is 2.04 bits per heavy atom. The standard InChI is InChI=1S/C43H27N5S/c1-3-14-26(15-4-1)37-40-38(31-21-10-12-24-34(31)47(40)27-16-5-2-6-17-27)46-43(45-37)48-33-23-11-9-20-30(33)35-28-18-7-8-19-29(28)36-32-22-13-25-44-42(32)49-41(36)39(35)48/h1-25,42,44H. The fourth-order valence-corrected chi connectivity index (χ4v) is 9.33. The summed E-state index contributed by atoms with van der Waals surface area (Å²) in [7, 11) is 0. The monoisotopic (exact) mass is 645 g/mol. The highest BCUT2D eigenvalue weighted by molar-refractivity contribution is 8.01. The lowest BCUT2D eigenvalue weighted by atomic mass is 9.94. The lowest BCUT2D eigenvalue weighted by Crippen LogP contribution is -2.20. The molecule has 11 rings (SSSR count). The molecule has 2 aliphatic rings. The van der Waals surface area contributed by atoms with Gasteiger partial charge in [-0.1, -0.05) is 127 Å². The fourth-order valence-electron chi connectivity index (χ4n) is 7.97. The number of allylic oxidation sites excluding steroid dienone is 2. The van der Waals surface area contributed by atoms with Crippen LogP contribution in [0.4, 0.5) is 0 Å². The van der Waals surface area contributed by atoms with Gasteiger partial charge in [-0.2, -0.15) is 0 Å². The van der Waals surface area contributed by atoms with Crippen molar-refractivity contribution in [2.75, 3.05) is 0 Å². The van der Waals surface area contributed by atoms with Gasteiger partial charge in [-0.15, -0.1) is 0 Å². The van der Waals surface area contributed by atoms with Crippen molar-refractivity contribution in [1.82, 2.24) is 24.4 Å². The summed E-state index contributed by atoms with van der Waals surface area (Å²) in [5.74, 6) is 0.668. The molecule has 9 aromatic rings. The first-order valence-corrected chi connectivity index (χ1v) is 17.4. The summed E-state index contributed by atoms with van der Waals surface area (Å²) in [6.07, 6.45) is 6.43. The first-order chi connectivity index (χ1) is 24.3. The Bertz CT molecular complexity index is 2880. The number of hydrogen-bond donors (Lipinski definition) is 1. The van der Waals surface area contributed by atoms with Crippen molar-refractivity contribution in [3.63, 3.8) is 0 Å². The van der Waals surface area contributed by atoms with E-state index in [4.69, 9.17) is 9.97 Å². The van der Waals surface area contributed by atoms with E-state index in [9.17, 15) is 0 Å². The molecular formula is C43H27N5S. The van der Waals surface area contributed by atoms with E-state index in [-0.39, 0.29) is 5.37 Å². The number of fused-ring (bicyclic) bond motifs is 13. The van der Waals surface area contributed by atoms with E-state index >= 15 is 0 Å². The van der Waals surface area contributed by atoms with E-state index in [0.29, 0.717) is 5.95 Å². The summed E-state index contributed by atoms with van der Waals surface area (Å²) in [6, 6.07) is 47.3. The second kappa shape index (κ2) is 10.2. The van der Waals surface area contributed by atoms with Gasteiger partial charge < -0.3 is 9.88 Å². The van der Waals surface area contributed by atoms with Crippen LogP contribution < -0.4 is 5.32 Å². The third-order valence-corrected chi connectivity index (χ3v) is 11.2. The maximum atomic E-state index is 5.57. The van der Waals surface area contributed by atoms with Crippen molar-refractivity contribution in [2.45, 2.75) is 10.3 Å². The van der Waals surface area contributed by atoms with Crippen LogP contribution in [0.3, 0.4) is 0 Å². The van der Waals surface area contributed by atoms with Crippen molar-refractivity contribution in [2.24, 2.45) is 0 Å². The first-order valence-electron chi connectivity index (χ1n) is 16.6. The number of benzene rings is 6. The van der Waals surface area contributed by atoms with Gasteiger partial charge in [0.15, 0.2) is 0 Å². The van der Waals surface area contributed by atoms with Gasteiger partial charge in [0.1, 0.15) is 16.6 Å². The minimum Gasteiger partial charge on any atom is -0.375 e. The molecule has 5 heterocycles. The maximum absolute atomic E-state index is 5.57. The number of rotatable bonds is 3. The van der Waals surface area contributed by atoms with E-state index in [0.717, 1.165) is 49.9 Å². The average molecular weight is 646 g/mol. The lowest BCUT2D eigenvalue weighted by molar-refractivity contribution is 0.939. The molecule has 1 unspecified atom stereocenters. The predicted octanol–water partition coefficient (Wildman–Crippen LogP) is 10.4. The topological polar surface area (TPSA) is 47.7 Å². The third-order valence-electron chi connectivity index (χ3n) is 9.97. The Balaban J connectivity index is 1.34. The molecule has 3 aromatic heterocycles. The number of aromatic nitrogens is 4. The van der Waals surface area contributed by atoms with E-state index < -0.39 is 0 Å². The number of nitrogens with zero attached hydrogens (tertiary/aromatic N) is 4. The second-order valence-electron chi connectivity index (χ2n) is 12.6. The number of para-hydroxylation sites is 3. The fraction of sp³-hybridized carbons (Fsp3) is 0.0233. The molecule has 0 amide bonds. The summed E-state index contributed by atoms with van der Waals surface area (Å²) < 4.78 is 4.65. The van der Waals surface area contributed by atoms with E-state index in [1.165, 1.54) is 37.6 Å². The van der Waals surface area contributed by atoms with Crippen LogP contribution in [0.25, 0.3) is 83.0 Å². The van der Waals surface area contributed by atoms with E-state index in [1.54, 1.807) is 0 Å². The number of nitrogens with one attached hydrogen (secondary N) is 1. The molecule has 5 nitrogen and oxygen atoms in total. The quantitative estimate of drug-likeness (QED) is 0.208. The largest absolute Gasteiger partial charge is 0.375 e. The second-order valence-corrected chi connectivity index (χ2v) is 13.7. The van der Waals surface area contributed by atoms with Gasteiger partial charge in [-0.25, -0.2) is 9.97 Å². The highest BCUT2D eigenvalue weighted by Gasteiger charge is 2.35. The van der Waals surface area contributed by atoms with Crippen molar-refractivity contribution in [1.29, 1.82) is 0 Å². The highest BCUT2D eigenvalue weighted by Crippen LogP contribution is 2.54. The molecule has 0 bridgehead atoms. The Morgan fingerprint density at radius 1 is 0.592 bits per heavy atom. The van der Waals surface area contributed by atoms with Crippen LogP contribution in [-0.4, -0.2) is 24.5 Å². The van der Waals surface area contributed by atoms with Gasteiger partial charge in [0.2, 0.25) is 5.95 Å². The summed E-state index contributed by atoms with van der Waals surface area (Å²) in [5.41, 5.74) is 10.9. The molecular weight excluding hydrogens is 619 g/mol. The van der Waals surface area contributed by atoms with Gasteiger partial charge in [0, 0.05) is 37.9 Å². The average Bonchev–Trinajstić information content (AvgIpc) is 3.84. The summed E-state index contributed by atoms with van der Waals surface area (Å²) in [6.45, 7) is 0. The first kappa shape index (κ1) is 26.9. The normalized spacial score (nSPS) is 15.3. The third kappa shape index (κ3) is 3.72. The Hall–Kier alpha value is -6.11. The molecule has 2 aliphatic heterocycles. The molecule has 0 aliphatic carbocycles. The van der Waals surface area contributed by atoms with Gasteiger partial charge in [-0.05, 0) is 52.9 Å². The van der Waals surface area contributed by atoms with Crippen molar-refractivity contribution in [3.8, 4) is 22.9 Å². The number of hydrogen-bond acceptors (Lipinski definition) is 4. The molecule has 6 heteroatoms. The Kier molecular flexibility index (Phi) is 5.60. The van der Waals surface area contributed by atoms with Crippen LogP contribution in [-0.2, 0) is 0 Å². The zero-order valence-electron chi connectivity index (χ0n) is 26.2. The lowest BCUT2D eigenvalue weighted by Gasteiger charge is -2.15. The SMILES string of the molecule is C1=CNC2Sc3c(c4ccccc4c4c5ccccc5n(-c5nc(-c6ccccc6)c6c(n5)c5ccccc5n6-c5ccccc5)c34)C2=C1. The molecule has 0 radical (unpaired) electrons. The van der Waals surface area contributed by atoms with Gasteiger partial charge >= 0.3 is 0 Å². The van der Waals surface area contributed by atoms with Crippen LogP contribution in [0.5, 0.6) is 0 Å². The van der Waals surface area contributed by atoms with Gasteiger partial charge in [0.25, 0.3) is 0 Å². The molecule has 0 spiro atoms. The molecule has 0 saturated carbocycles. The summed E-state index contributed by atoms with van der Waals surface area (Å²) >= 11 is 1.89. The van der Waals surface area contributed by atoms with Crippen LogP contribution in [0, 0.1) is 0 Å². The zero-order chi connectivity index (χ0) is 32.1. The summed E-state index contributed by atoms with van der Waals surface area (Å²) in [4.78, 5) is 12.4. The molecule has 49 heavy (non-hydrogen) atoms. The van der Waals surface area contributed by atoms with E-state index in [1.807, 2.05) is 18.0 Å². The van der Waals surface area contributed by atoms with Crippen molar-refractivity contribution >= 4 is 71.8 Å². The van der Waals surface area contributed by atoms with Crippen LogP contribution in [0.15, 0.2) is 157 Å². The molecule has 1 atom stereocenters. The highest BCUT2D eigenvalue weighted by atomic mass is 32.2. The number of thioether (sulfide) groups is 1.